The zero-order valence-corrected chi connectivity index (χ0v) is 8.86. The van der Waals surface area contributed by atoms with Crippen molar-refractivity contribution in [3.05, 3.63) is 0 Å². The number of aliphatic hydroxyl groups is 1. The summed E-state index contributed by atoms with van der Waals surface area (Å²) in [5.41, 5.74) is 0. The van der Waals surface area contributed by atoms with E-state index >= 15 is 0 Å². The summed E-state index contributed by atoms with van der Waals surface area (Å²) >= 11 is 0. The lowest BCUT2D eigenvalue weighted by Crippen LogP contribution is -2.29. The highest BCUT2D eigenvalue weighted by molar-refractivity contribution is 7.85. The van der Waals surface area contributed by atoms with Crippen LogP contribution in [-0.4, -0.2) is 40.5 Å². The highest BCUT2D eigenvalue weighted by atomic mass is 32.2. The quantitative estimate of drug-likeness (QED) is 0.623. The van der Waals surface area contributed by atoms with E-state index in [9.17, 15) is 9.32 Å². The molecule has 12 heavy (non-hydrogen) atoms. The number of hydrogen-bond donors (Lipinski definition) is 2. The number of aliphatic hydroxyl groups excluding tert-OH is 1. The monoisotopic (exact) mass is 193 g/mol. The molecule has 4 heteroatoms. The van der Waals surface area contributed by atoms with Gasteiger partial charge in [0.2, 0.25) is 0 Å². The molecule has 0 radical (unpaired) electrons. The van der Waals surface area contributed by atoms with Gasteiger partial charge in [0.25, 0.3) is 0 Å². The lowest BCUT2D eigenvalue weighted by Gasteiger charge is -2.10. The number of likely N-dealkylation sites (N-methyl/N-ethyl adjacent to an activating group) is 1. The molecule has 0 fully saturated rings. The molecular weight excluding hydrogens is 174 g/mol. The summed E-state index contributed by atoms with van der Waals surface area (Å²) in [7, 11) is 0.901. The van der Waals surface area contributed by atoms with Crippen LogP contribution in [0, 0.1) is 5.92 Å². The van der Waals surface area contributed by atoms with E-state index in [0.29, 0.717) is 24.0 Å². The average molecular weight is 193 g/mol. The van der Waals surface area contributed by atoms with Crippen LogP contribution in [0.5, 0.6) is 0 Å². The molecular formula is C8H19NO2S. The van der Waals surface area contributed by atoms with Gasteiger partial charge in [-0.1, -0.05) is 13.8 Å². The topological polar surface area (TPSA) is 49.3 Å². The Kier molecular flexibility index (Phi) is 6.61. The van der Waals surface area contributed by atoms with Crippen molar-refractivity contribution in [2.45, 2.75) is 20.0 Å². The molecule has 0 aliphatic heterocycles. The van der Waals surface area contributed by atoms with Crippen molar-refractivity contribution in [3.8, 4) is 0 Å². The molecule has 74 valence electrons. The van der Waals surface area contributed by atoms with Crippen molar-refractivity contribution in [2.24, 2.45) is 5.92 Å². The van der Waals surface area contributed by atoms with Crippen LogP contribution >= 0.6 is 0 Å². The summed E-state index contributed by atoms with van der Waals surface area (Å²) in [6.45, 7) is 4.58. The highest BCUT2D eigenvalue weighted by Gasteiger charge is 2.09. The van der Waals surface area contributed by atoms with Crippen molar-refractivity contribution in [2.75, 3.05) is 25.1 Å². The number of hydrogen-bond acceptors (Lipinski definition) is 3. The second kappa shape index (κ2) is 6.57. The molecule has 2 N–H and O–H groups in total. The molecule has 0 bridgehead atoms. The Hall–Kier alpha value is 0.0700. The van der Waals surface area contributed by atoms with E-state index in [1.165, 1.54) is 0 Å². The Balaban J connectivity index is 3.54. The number of nitrogens with one attached hydrogen (secondary N) is 1. The fourth-order valence-corrected chi connectivity index (χ4v) is 2.38. The summed E-state index contributed by atoms with van der Waals surface area (Å²) in [4.78, 5) is 0. The van der Waals surface area contributed by atoms with Gasteiger partial charge in [-0.3, -0.25) is 4.21 Å². The SMILES string of the molecule is CNCC(O)CS(=O)CC(C)C. The van der Waals surface area contributed by atoms with Gasteiger partial charge in [-0.05, 0) is 13.0 Å². The van der Waals surface area contributed by atoms with E-state index in [-0.39, 0.29) is 0 Å². The maximum atomic E-state index is 11.3. The predicted molar refractivity (Wildman–Crippen MR) is 52.6 cm³/mol. The van der Waals surface area contributed by atoms with Crippen LogP contribution in [0.15, 0.2) is 0 Å². The molecule has 0 aromatic rings. The summed E-state index contributed by atoms with van der Waals surface area (Å²) in [5.74, 6) is 1.51. The summed E-state index contributed by atoms with van der Waals surface area (Å²) in [6, 6.07) is 0. The highest BCUT2D eigenvalue weighted by Crippen LogP contribution is 1.97. The zero-order chi connectivity index (χ0) is 9.56. The van der Waals surface area contributed by atoms with Gasteiger partial charge in [0.05, 0.1) is 11.9 Å². The van der Waals surface area contributed by atoms with Gasteiger partial charge >= 0.3 is 0 Å². The van der Waals surface area contributed by atoms with Crippen LogP contribution < -0.4 is 5.32 Å². The molecule has 3 nitrogen and oxygen atoms in total. The van der Waals surface area contributed by atoms with Crippen LogP contribution in [0.1, 0.15) is 13.8 Å². The van der Waals surface area contributed by atoms with E-state index in [1.807, 2.05) is 13.8 Å². The predicted octanol–water partition coefficient (Wildman–Crippen LogP) is -0.0286. The molecule has 0 saturated carbocycles. The molecule has 0 aromatic carbocycles. The van der Waals surface area contributed by atoms with Gasteiger partial charge in [0.15, 0.2) is 0 Å². The van der Waals surface area contributed by atoms with Gasteiger partial charge < -0.3 is 10.4 Å². The standard InChI is InChI=1S/C8H19NO2S/c1-7(2)5-12(11)6-8(10)4-9-3/h7-10H,4-6H2,1-3H3. The summed E-state index contributed by atoms with van der Waals surface area (Å²) in [6.07, 6.45) is -0.477. The van der Waals surface area contributed by atoms with Gasteiger partial charge in [-0.25, -0.2) is 0 Å². The Morgan fingerprint density at radius 1 is 1.42 bits per heavy atom. The van der Waals surface area contributed by atoms with Gasteiger partial charge in [0, 0.05) is 23.1 Å². The first-order chi connectivity index (χ1) is 5.56. The van der Waals surface area contributed by atoms with Crippen molar-refractivity contribution in [3.63, 3.8) is 0 Å². The molecule has 0 aliphatic carbocycles. The summed E-state index contributed by atoms with van der Waals surface area (Å²) < 4.78 is 11.3. The van der Waals surface area contributed by atoms with E-state index in [0.717, 1.165) is 0 Å². The lowest BCUT2D eigenvalue weighted by molar-refractivity contribution is 0.198. The molecule has 0 aliphatic rings. The fourth-order valence-electron chi connectivity index (χ4n) is 0.949. The minimum Gasteiger partial charge on any atom is -0.391 e. The van der Waals surface area contributed by atoms with Crippen molar-refractivity contribution >= 4 is 10.8 Å². The normalized spacial score (nSPS) is 16.4. The fraction of sp³-hybridized carbons (Fsp3) is 1.00. The Labute approximate surface area is 77.0 Å². The third kappa shape index (κ3) is 6.76. The first-order valence-corrected chi connectivity index (χ1v) is 5.72. The van der Waals surface area contributed by atoms with Crippen LogP contribution in [0.2, 0.25) is 0 Å². The molecule has 0 spiro atoms. The molecule has 0 heterocycles. The molecule has 0 amide bonds. The second-order valence-electron chi connectivity index (χ2n) is 3.38. The maximum absolute atomic E-state index is 11.3. The van der Waals surface area contributed by atoms with E-state index in [1.54, 1.807) is 7.05 Å². The maximum Gasteiger partial charge on any atom is 0.0779 e. The molecule has 0 rings (SSSR count). The van der Waals surface area contributed by atoms with Crippen LogP contribution in [0.25, 0.3) is 0 Å². The minimum atomic E-state index is -0.872. The largest absolute Gasteiger partial charge is 0.391 e. The smallest absolute Gasteiger partial charge is 0.0779 e. The zero-order valence-electron chi connectivity index (χ0n) is 8.04. The van der Waals surface area contributed by atoms with E-state index < -0.39 is 16.9 Å². The van der Waals surface area contributed by atoms with Crippen molar-refractivity contribution in [1.82, 2.24) is 5.32 Å². The Morgan fingerprint density at radius 3 is 2.42 bits per heavy atom. The molecule has 2 unspecified atom stereocenters. The van der Waals surface area contributed by atoms with Gasteiger partial charge in [-0.2, -0.15) is 0 Å². The van der Waals surface area contributed by atoms with Gasteiger partial charge in [0.1, 0.15) is 0 Å². The summed E-state index contributed by atoms with van der Waals surface area (Å²) in [5, 5.41) is 12.1. The molecule has 0 aromatic heterocycles. The molecule has 0 saturated heterocycles. The third-order valence-electron chi connectivity index (χ3n) is 1.34. The minimum absolute atomic E-state index is 0.388. The van der Waals surface area contributed by atoms with E-state index in [4.69, 9.17) is 0 Å². The van der Waals surface area contributed by atoms with Crippen LogP contribution in [0.3, 0.4) is 0 Å². The molecule has 2 atom stereocenters. The van der Waals surface area contributed by atoms with Crippen molar-refractivity contribution < 1.29 is 9.32 Å². The third-order valence-corrected chi connectivity index (χ3v) is 3.13. The first kappa shape index (κ1) is 12.1. The van der Waals surface area contributed by atoms with Crippen LogP contribution in [-0.2, 0) is 10.8 Å². The van der Waals surface area contributed by atoms with Crippen molar-refractivity contribution in [1.29, 1.82) is 0 Å². The second-order valence-corrected chi connectivity index (χ2v) is 4.92. The Bertz CT molecular complexity index is 139. The Morgan fingerprint density at radius 2 is 2.00 bits per heavy atom. The average Bonchev–Trinajstić information content (AvgIpc) is 1.84. The lowest BCUT2D eigenvalue weighted by atomic mass is 10.3. The first-order valence-electron chi connectivity index (χ1n) is 4.24. The number of rotatable bonds is 6. The van der Waals surface area contributed by atoms with Crippen LogP contribution in [0.4, 0.5) is 0 Å². The van der Waals surface area contributed by atoms with E-state index in [2.05, 4.69) is 5.32 Å². The van der Waals surface area contributed by atoms with Gasteiger partial charge in [-0.15, -0.1) is 0 Å².